The smallest absolute Gasteiger partial charge is 0.341 e. The minimum atomic E-state index is -0.414. The van der Waals surface area contributed by atoms with Crippen molar-refractivity contribution in [2.75, 3.05) is 37.7 Å². The molecule has 0 saturated heterocycles. The SMILES string of the molecule is COC(=O)c1c(NC(=O)CSc2cccc(NC(=O)c3c(OC)cccc3OC)c2)sc2c1CCCCC2. The van der Waals surface area contributed by atoms with E-state index in [4.69, 9.17) is 14.2 Å². The Hall–Kier alpha value is -3.50. The molecule has 0 radical (unpaired) electrons. The first kappa shape index (κ1) is 27.5. The molecule has 4 rings (SSSR count). The summed E-state index contributed by atoms with van der Waals surface area (Å²) >= 11 is 2.81. The maximum Gasteiger partial charge on any atom is 0.341 e. The van der Waals surface area contributed by atoms with Gasteiger partial charge in [0.05, 0.1) is 32.6 Å². The van der Waals surface area contributed by atoms with Crippen molar-refractivity contribution in [3.63, 3.8) is 0 Å². The van der Waals surface area contributed by atoms with Crippen LogP contribution < -0.4 is 20.1 Å². The van der Waals surface area contributed by atoms with Gasteiger partial charge in [-0.2, -0.15) is 0 Å². The quantitative estimate of drug-likeness (QED) is 0.196. The first-order valence-electron chi connectivity index (χ1n) is 12.2. The summed E-state index contributed by atoms with van der Waals surface area (Å²) in [4.78, 5) is 40.3. The Morgan fingerprint density at radius 3 is 2.32 bits per heavy atom. The van der Waals surface area contributed by atoms with E-state index < -0.39 is 5.97 Å². The molecule has 1 aromatic heterocycles. The topological polar surface area (TPSA) is 103 Å². The number of carbonyl (C=O) groups is 3. The van der Waals surface area contributed by atoms with Gasteiger partial charge in [-0.1, -0.05) is 18.6 Å². The first-order valence-corrected chi connectivity index (χ1v) is 14.0. The number of anilines is 2. The van der Waals surface area contributed by atoms with Gasteiger partial charge in [0.15, 0.2) is 0 Å². The summed E-state index contributed by atoms with van der Waals surface area (Å²) in [6, 6.07) is 12.4. The Labute approximate surface area is 230 Å². The Bertz CT molecular complexity index is 1310. The summed E-state index contributed by atoms with van der Waals surface area (Å²) in [6.45, 7) is 0. The van der Waals surface area contributed by atoms with Crippen molar-refractivity contribution in [1.29, 1.82) is 0 Å². The molecule has 0 spiro atoms. The lowest BCUT2D eigenvalue weighted by molar-refractivity contribution is -0.113. The van der Waals surface area contributed by atoms with Crippen LogP contribution in [0, 0.1) is 0 Å². The predicted octanol–water partition coefficient (Wildman–Crippen LogP) is 5.80. The van der Waals surface area contributed by atoms with Crippen LogP contribution in [0.1, 0.15) is 50.4 Å². The highest BCUT2D eigenvalue weighted by Gasteiger charge is 2.26. The average Bonchev–Trinajstić information content (AvgIpc) is 3.10. The fraction of sp³-hybridized carbons (Fsp3) is 0.321. The third-order valence-corrected chi connectivity index (χ3v) is 8.38. The van der Waals surface area contributed by atoms with E-state index in [2.05, 4.69) is 10.6 Å². The maximum atomic E-state index is 13.0. The molecule has 0 aliphatic heterocycles. The molecule has 10 heteroatoms. The third kappa shape index (κ3) is 6.31. The van der Waals surface area contributed by atoms with Gasteiger partial charge < -0.3 is 24.8 Å². The second-order valence-corrected chi connectivity index (χ2v) is 10.8. The molecule has 2 aromatic carbocycles. The fourth-order valence-corrected chi connectivity index (χ4v) is 6.44. The lowest BCUT2D eigenvalue weighted by Gasteiger charge is -2.13. The molecule has 0 fully saturated rings. The molecule has 1 aliphatic carbocycles. The minimum Gasteiger partial charge on any atom is -0.496 e. The standard InChI is InChI=1S/C28H30N2O6S2/c1-34-20-12-8-13-21(35-2)25(20)26(32)29-17-9-7-10-18(15-17)37-16-23(31)30-27-24(28(33)36-3)19-11-5-4-6-14-22(19)38-27/h7-10,12-13,15H,4-6,11,14,16H2,1-3H3,(H,29,32)(H,30,31). The van der Waals surface area contributed by atoms with Crippen LogP contribution in [0.25, 0.3) is 0 Å². The summed E-state index contributed by atoms with van der Waals surface area (Å²) < 4.78 is 15.7. The van der Waals surface area contributed by atoms with Crippen LogP contribution in [0.15, 0.2) is 47.4 Å². The van der Waals surface area contributed by atoms with E-state index in [9.17, 15) is 14.4 Å². The number of nitrogens with one attached hydrogen (secondary N) is 2. The Morgan fingerprint density at radius 2 is 1.61 bits per heavy atom. The van der Waals surface area contributed by atoms with Crippen molar-refractivity contribution in [2.45, 2.75) is 37.0 Å². The lowest BCUT2D eigenvalue weighted by atomic mass is 10.1. The Morgan fingerprint density at radius 1 is 0.895 bits per heavy atom. The monoisotopic (exact) mass is 554 g/mol. The van der Waals surface area contributed by atoms with Crippen LogP contribution in [0.4, 0.5) is 10.7 Å². The number of amides is 2. The molecule has 0 atom stereocenters. The van der Waals surface area contributed by atoms with Gasteiger partial charge in [0.1, 0.15) is 22.1 Å². The summed E-state index contributed by atoms with van der Waals surface area (Å²) in [5, 5.41) is 6.36. The lowest BCUT2D eigenvalue weighted by Crippen LogP contribution is -2.16. The molecular weight excluding hydrogens is 524 g/mol. The molecule has 0 unspecified atom stereocenters. The van der Waals surface area contributed by atoms with Gasteiger partial charge in [-0.15, -0.1) is 23.1 Å². The van der Waals surface area contributed by atoms with E-state index >= 15 is 0 Å². The van der Waals surface area contributed by atoms with Crippen LogP contribution >= 0.6 is 23.1 Å². The highest BCUT2D eigenvalue weighted by atomic mass is 32.2. The number of esters is 1. The Balaban J connectivity index is 1.42. The van der Waals surface area contributed by atoms with Gasteiger partial charge in [0.2, 0.25) is 5.91 Å². The number of thioether (sulfide) groups is 1. The highest BCUT2D eigenvalue weighted by Crippen LogP contribution is 2.38. The molecule has 0 saturated carbocycles. The van der Waals surface area contributed by atoms with Crippen molar-refractivity contribution in [2.24, 2.45) is 0 Å². The van der Waals surface area contributed by atoms with E-state index in [1.54, 1.807) is 36.4 Å². The van der Waals surface area contributed by atoms with Gasteiger partial charge >= 0.3 is 5.97 Å². The maximum absolute atomic E-state index is 13.0. The van der Waals surface area contributed by atoms with Crippen LogP contribution in [0.3, 0.4) is 0 Å². The second-order valence-electron chi connectivity index (χ2n) is 8.62. The van der Waals surface area contributed by atoms with Crippen molar-refractivity contribution in [3.8, 4) is 11.5 Å². The highest BCUT2D eigenvalue weighted by molar-refractivity contribution is 8.00. The number of benzene rings is 2. The molecule has 38 heavy (non-hydrogen) atoms. The van der Waals surface area contributed by atoms with E-state index in [0.29, 0.717) is 33.3 Å². The number of methoxy groups -OCH3 is 3. The molecule has 2 amide bonds. The number of carbonyl (C=O) groups excluding carboxylic acids is 3. The molecule has 0 bridgehead atoms. The van der Waals surface area contributed by atoms with Crippen LogP contribution in [0.2, 0.25) is 0 Å². The van der Waals surface area contributed by atoms with Crippen molar-refractivity contribution in [3.05, 3.63) is 64.0 Å². The normalized spacial score (nSPS) is 12.6. The largest absolute Gasteiger partial charge is 0.496 e. The molecule has 1 heterocycles. The van der Waals surface area contributed by atoms with Crippen LogP contribution in [-0.4, -0.2) is 44.9 Å². The molecule has 2 N–H and O–H groups in total. The summed E-state index contributed by atoms with van der Waals surface area (Å²) in [5.74, 6) is -0.0530. The molecule has 3 aromatic rings. The fourth-order valence-electron chi connectivity index (χ4n) is 4.39. The van der Waals surface area contributed by atoms with E-state index in [-0.39, 0.29) is 17.6 Å². The predicted molar refractivity (Wildman–Crippen MR) is 150 cm³/mol. The zero-order valence-corrected chi connectivity index (χ0v) is 23.2. The molecule has 200 valence electrons. The van der Waals surface area contributed by atoms with Crippen LogP contribution in [-0.2, 0) is 22.4 Å². The molecule has 1 aliphatic rings. The third-order valence-electron chi connectivity index (χ3n) is 6.18. The summed E-state index contributed by atoms with van der Waals surface area (Å²) in [7, 11) is 4.35. The first-order chi connectivity index (χ1) is 18.4. The van der Waals surface area contributed by atoms with Gasteiger partial charge in [-0.3, -0.25) is 9.59 Å². The number of hydrogen-bond acceptors (Lipinski definition) is 8. The van der Waals surface area contributed by atoms with Gasteiger partial charge in [-0.25, -0.2) is 4.79 Å². The van der Waals surface area contributed by atoms with Crippen LogP contribution in [0.5, 0.6) is 11.5 Å². The number of thiophene rings is 1. The van der Waals surface area contributed by atoms with Gasteiger partial charge in [-0.05, 0) is 61.6 Å². The second kappa shape index (κ2) is 12.8. The zero-order chi connectivity index (χ0) is 27.1. The van der Waals surface area contributed by atoms with Gasteiger partial charge in [0, 0.05) is 15.5 Å². The summed E-state index contributed by atoms with van der Waals surface area (Å²) in [6.07, 6.45) is 4.96. The van der Waals surface area contributed by atoms with Crippen molar-refractivity contribution >= 4 is 51.6 Å². The van der Waals surface area contributed by atoms with E-state index in [1.165, 1.54) is 44.4 Å². The van der Waals surface area contributed by atoms with Gasteiger partial charge in [0.25, 0.3) is 5.91 Å². The zero-order valence-electron chi connectivity index (χ0n) is 21.6. The number of fused-ring (bicyclic) bond motifs is 1. The average molecular weight is 555 g/mol. The summed E-state index contributed by atoms with van der Waals surface area (Å²) in [5.41, 5.74) is 2.37. The number of aryl methyl sites for hydroxylation is 1. The number of ether oxygens (including phenoxy) is 3. The molecule has 8 nitrogen and oxygen atoms in total. The minimum absolute atomic E-state index is 0.140. The van der Waals surface area contributed by atoms with E-state index in [1.807, 2.05) is 6.07 Å². The van der Waals surface area contributed by atoms with E-state index in [0.717, 1.165) is 47.4 Å². The van der Waals surface area contributed by atoms with Crippen molar-refractivity contribution in [1.82, 2.24) is 0 Å². The molecular formula is C28H30N2O6S2. The Kier molecular flexibility index (Phi) is 9.30. The van der Waals surface area contributed by atoms with Crippen molar-refractivity contribution < 1.29 is 28.6 Å². The number of rotatable bonds is 9. The number of hydrogen-bond donors (Lipinski definition) is 2.